The van der Waals surface area contributed by atoms with Gasteiger partial charge in [0.15, 0.2) is 5.79 Å². The fourth-order valence-electron chi connectivity index (χ4n) is 2.91. The molecule has 0 saturated carbocycles. The maximum atomic E-state index is 12.6. The Morgan fingerprint density at radius 1 is 1.35 bits per heavy atom. The molecule has 2 heterocycles. The Balaban J connectivity index is 1.76. The van der Waals surface area contributed by atoms with Crippen LogP contribution in [-0.4, -0.2) is 42.9 Å². The smallest absolute Gasteiger partial charge is 0.254 e. The van der Waals surface area contributed by atoms with Gasteiger partial charge in [-0.2, -0.15) is 0 Å². The maximum absolute atomic E-state index is 12.6. The Labute approximate surface area is 118 Å². The minimum Gasteiger partial charge on any atom is -0.346 e. The zero-order chi connectivity index (χ0) is 14.0. The zero-order valence-electron chi connectivity index (χ0n) is 11.5. The third kappa shape index (κ3) is 2.57. The van der Waals surface area contributed by atoms with Crippen LogP contribution in [0.25, 0.3) is 0 Å². The van der Waals surface area contributed by atoms with Crippen molar-refractivity contribution >= 4 is 5.91 Å². The molecule has 2 N–H and O–H groups in total. The minimum atomic E-state index is -0.570. The van der Waals surface area contributed by atoms with E-state index in [0.717, 1.165) is 24.9 Å². The number of hydrogen-bond donors (Lipinski definition) is 1. The molecule has 2 aliphatic heterocycles. The summed E-state index contributed by atoms with van der Waals surface area (Å²) in [4.78, 5) is 14.4. The van der Waals surface area contributed by atoms with E-state index in [4.69, 9.17) is 15.2 Å². The fourth-order valence-corrected chi connectivity index (χ4v) is 2.91. The van der Waals surface area contributed by atoms with Crippen molar-refractivity contribution in [2.24, 2.45) is 5.73 Å². The van der Waals surface area contributed by atoms with Gasteiger partial charge in [0.1, 0.15) is 0 Å². The first-order valence-electron chi connectivity index (χ1n) is 7.09. The van der Waals surface area contributed by atoms with E-state index >= 15 is 0 Å². The molecule has 2 aliphatic rings. The molecule has 1 spiro atoms. The first kappa shape index (κ1) is 13.5. The van der Waals surface area contributed by atoms with E-state index in [1.807, 2.05) is 29.2 Å². The molecule has 1 aromatic carbocycles. The predicted octanol–water partition coefficient (Wildman–Crippen LogP) is 1.12. The summed E-state index contributed by atoms with van der Waals surface area (Å²) in [6.07, 6.45) is 1.77. The van der Waals surface area contributed by atoms with E-state index in [9.17, 15) is 4.79 Å². The molecule has 5 heteroatoms. The topological polar surface area (TPSA) is 64.8 Å². The van der Waals surface area contributed by atoms with Crippen molar-refractivity contribution in [3.8, 4) is 0 Å². The molecule has 1 aromatic rings. The molecule has 1 amide bonds. The number of likely N-dealkylation sites (tertiary alicyclic amines) is 1. The second-order valence-corrected chi connectivity index (χ2v) is 5.34. The van der Waals surface area contributed by atoms with Gasteiger partial charge in [-0.15, -0.1) is 0 Å². The lowest BCUT2D eigenvalue weighted by Gasteiger charge is -2.38. The van der Waals surface area contributed by atoms with E-state index in [2.05, 4.69) is 0 Å². The number of piperidine rings is 1. The highest BCUT2D eigenvalue weighted by molar-refractivity contribution is 5.94. The molecule has 108 valence electrons. The third-order valence-corrected chi connectivity index (χ3v) is 3.93. The quantitative estimate of drug-likeness (QED) is 0.879. The highest BCUT2D eigenvalue weighted by atomic mass is 16.7. The van der Waals surface area contributed by atoms with E-state index in [1.165, 1.54) is 0 Å². The lowest BCUT2D eigenvalue weighted by molar-refractivity contribution is -0.183. The zero-order valence-corrected chi connectivity index (χ0v) is 11.5. The molecule has 2 fully saturated rings. The predicted molar refractivity (Wildman–Crippen MR) is 74.1 cm³/mol. The summed E-state index contributed by atoms with van der Waals surface area (Å²) in [7, 11) is 0. The van der Waals surface area contributed by atoms with Crippen molar-refractivity contribution in [3.63, 3.8) is 0 Å². The number of benzene rings is 1. The van der Waals surface area contributed by atoms with E-state index in [-0.39, 0.29) is 5.91 Å². The molecule has 0 radical (unpaired) electrons. The van der Waals surface area contributed by atoms with Crippen LogP contribution in [0.4, 0.5) is 0 Å². The van der Waals surface area contributed by atoms with Gasteiger partial charge >= 0.3 is 0 Å². The summed E-state index contributed by atoms with van der Waals surface area (Å²) in [5.74, 6) is -0.544. The Kier molecular flexibility index (Phi) is 3.74. The third-order valence-electron chi connectivity index (χ3n) is 3.93. The van der Waals surface area contributed by atoms with Crippen molar-refractivity contribution < 1.29 is 14.3 Å². The van der Waals surface area contributed by atoms with Crippen LogP contribution in [0.1, 0.15) is 28.8 Å². The first-order valence-corrected chi connectivity index (χ1v) is 7.09. The monoisotopic (exact) mass is 276 g/mol. The van der Waals surface area contributed by atoms with Gasteiger partial charge in [0.25, 0.3) is 5.91 Å². The average Bonchev–Trinajstić information content (AvgIpc) is 2.94. The fraction of sp³-hybridized carbons (Fsp3) is 0.533. The average molecular weight is 276 g/mol. The second-order valence-electron chi connectivity index (χ2n) is 5.34. The van der Waals surface area contributed by atoms with Crippen LogP contribution in [-0.2, 0) is 16.0 Å². The van der Waals surface area contributed by atoms with Crippen molar-refractivity contribution in [2.45, 2.75) is 25.2 Å². The highest BCUT2D eigenvalue weighted by Crippen LogP contribution is 2.30. The largest absolute Gasteiger partial charge is 0.346 e. The summed E-state index contributed by atoms with van der Waals surface area (Å²) in [5, 5.41) is 0. The minimum absolute atomic E-state index is 0.0264. The first-order chi connectivity index (χ1) is 9.72. The Morgan fingerprint density at radius 3 is 2.90 bits per heavy atom. The van der Waals surface area contributed by atoms with Gasteiger partial charge in [-0.25, -0.2) is 0 Å². The SMILES string of the molecule is NCc1cccc(C(=O)N2CCCC3(C2)OCCO3)c1. The summed E-state index contributed by atoms with van der Waals surface area (Å²) in [5.41, 5.74) is 7.28. The number of amides is 1. The van der Waals surface area contributed by atoms with Gasteiger partial charge < -0.3 is 20.1 Å². The number of carbonyl (C=O) groups excluding carboxylic acids is 1. The Hall–Kier alpha value is -1.43. The number of nitrogens with zero attached hydrogens (tertiary/aromatic N) is 1. The van der Waals surface area contributed by atoms with E-state index in [0.29, 0.717) is 31.9 Å². The van der Waals surface area contributed by atoms with Crippen LogP contribution in [0, 0.1) is 0 Å². The molecule has 0 aliphatic carbocycles. The number of rotatable bonds is 2. The molecule has 0 aromatic heterocycles. The standard InChI is InChI=1S/C15H20N2O3/c16-10-12-3-1-4-13(9-12)14(18)17-6-2-5-15(11-17)19-7-8-20-15/h1,3-4,9H,2,5-8,10-11,16H2. The maximum Gasteiger partial charge on any atom is 0.254 e. The van der Waals surface area contributed by atoms with Crippen molar-refractivity contribution in [1.82, 2.24) is 4.90 Å². The van der Waals surface area contributed by atoms with Crippen LogP contribution in [0.5, 0.6) is 0 Å². The summed E-state index contributed by atoms with van der Waals surface area (Å²) >= 11 is 0. The molecule has 5 nitrogen and oxygen atoms in total. The number of nitrogens with two attached hydrogens (primary N) is 1. The molecule has 20 heavy (non-hydrogen) atoms. The molecular formula is C15H20N2O3. The second kappa shape index (κ2) is 5.52. The summed E-state index contributed by atoms with van der Waals surface area (Å²) < 4.78 is 11.4. The summed E-state index contributed by atoms with van der Waals surface area (Å²) in [6, 6.07) is 7.49. The summed E-state index contributed by atoms with van der Waals surface area (Å²) in [6.45, 7) is 2.94. The van der Waals surface area contributed by atoms with Gasteiger partial charge in [0.2, 0.25) is 0 Å². The molecule has 0 atom stereocenters. The molecule has 0 bridgehead atoms. The number of hydrogen-bond acceptors (Lipinski definition) is 4. The van der Waals surface area contributed by atoms with Gasteiger partial charge in [-0.05, 0) is 24.1 Å². The van der Waals surface area contributed by atoms with Crippen molar-refractivity contribution in [3.05, 3.63) is 35.4 Å². The van der Waals surface area contributed by atoms with Crippen LogP contribution in [0.3, 0.4) is 0 Å². The molecule has 0 unspecified atom stereocenters. The van der Waals surface area contributed by atoms with E-state index in [1.54, 1.807) is 0 Å². The lowest BCUT2D eigenvalue weighted by atomic mass is 10.0. The van der Waals surface area contributed by atoms with Gasteiger partial charge in [0, 0.05) is 25.1 Å². The van der Waals surface area contributed by atoms with Crippen LogP contribution < -0.4 is 5.73 Å². The Bertz CT molecular complexity index is 498. The normalized spacial score (nSPS) is 21.4. The van der Waals surface area contributed by atoms with Crippen molar-refractivity contribution in [1.29, 1.82) is 0 Å². The van der Waals surface area contributed by atoms with Crippen LogP contribution in [0.15, 0.2) is 24.3 Å². The number of carbonyl (C=O) groups is 1. The van der Waals surface area contributed by atoms with Gasteiger partial charge in [0.05, 0.1) is 19.8 Å². The highest BCUT2D eigenvalue weighted by Gasteiger charge is 2.42. The van der Waals surface area contributed by atoms with Gasteiger partial charge in [-0.1, -0.05) is 12.1 Å². The van der Waals surface area contributed by atoms with Crippen LogP contribution >= 0.6 is 0 Å². The lowest BCUT2D eigenvalue weighted by Crippen LogP contribution is -2.51. The van der Waals surface area contributed by atoms with Gasteiger partial charge in [-0.3, -0.25) is 4.79 Å². The molecule has 3 rings (SSSR count). The van der Waals surface area contributed by atoms with Crippen molar-refractivity contribution in [2.75, 3.05) is 26.3 Å². The van der Waals surface area contributed by atoms with E-state index < -0.39 is 5.79 Å². The van der Waals surface area contributed by atoms with Crippen LogP contribution in [0.2, 0.25) is 0 Å². The Morgan fingerprint density at radius 2 is 2.15 bits per heavy atom. The number of ether oxygens (including phenoxy) is 2. The molecule has 2 saturated heterocycles. The molecular weight excluding hydrogens is 256 g/mol.